The lowest BCUT2D eigenvalue weighted by Gasteiger charge is -2.12. The maximum Gasteiger partial charge on any atom is 0.165 e. The average molecular weight is 257 g/mol. The fourth-order valence-electron chi connectivity index (χ4n) is 1.52. The van der Waals surface area contributed by atoms with Crippen LogP contribution in [0.5, 0.6) is 5.75 Å². The molecule has 0 bridgehead atoms. The van der Waals surface area contributed by atoms with Crippen molar-refractivity contribution in [2.45, 2.75) is 19.9 Å². The van der Waals surface area contributed by atoms with Crippen molar-refractivity contribution < 1.29 is 9.13 Å². The molecule has 0 aliphatic heterocycles. The van der Waals surface area contributed by atoms with Crippen LogP contribution in [0.4, 0.5) is 4.39 Å². The first-order valence-electron chi connectivity index (χ1n) is 5.92. The highest BCUT2D eigenvalue weighted by atomic mass is 32.2. The van der Waals surface area contributed by atoms with E-state index in [4.69, 9.17) is 4.74 Å². The van der Waals surface area contributed by atoms with Gasteiger partial charge in [-0.1, -0.05) is 19.1 Å². The van der Waals surface area contributed by atoms with Gasteiger partial charge in [0.25, 0.3) is 0 Å². The van der Waals surface area contributed by atoms with Crippen molar-refractivity contribution >= 4 is 11.8 Å². The first-order chi connectivity index (χ1) is 8.29. The van der Waals surface area contributed by atoms with E-state index in [0.717, 1.165) is 23.5 Å². The molecular weight excluding hydrogens is 237 g/mol. The second kappa shape index (κ2) is 8.37. The van der Waals surface area contributed by atoms with Gasteiger partial charge >= 0.3 is 0 Å². The zero-order valence-electron chi connectivity index (χ0n) is 10.5. The molecule has 0 saturated heterocycles. The zero-order valence-corrected chi connectivity index (χ0v) is 11.3. The lowest BCUT2D eigenvalue weighted by molar-refractivity contribution is 0.298. The second-order valence-corrected chi connectivity index (χ2v) is 5.05. The Kier molecular flexibility index (Phi) is 7.05. The quantitative estimate of drug-likeness (QED) is 0.723. The molecular formula is C13H20FNOS. The molecule has 1 aromatic carbocycles. The van der Waals surface area contributed by atoms with Crippen LogP contribution < -0.4 is 10.1 Å². The predicted molar refractivity (Wildman–Crippen MR) is 72.3 cm³/mol. The van der Waals surface area contributed by atoms with Gasteiger partial charge in [-0.3, -0.25) is 0 Å². The molecule has 0 atom stereocenters. The van der Waals surface area contributed by atoms with E-state index in [9.17, 15) is 4.39 Å². The molecule has 0 heterocycles. The Hall–Kier alpha value is -0.740. The number of thioether (sulfide) groups is 1. The highest BCUT2D eigenvalue weighted by molar-refractivity contribution is 7.99. The molecule has 0 amide bonds. The Bertz CT molecular complexity index is 333. The molecule has 1 aromatic rings. The molecule has 0 aliphatic rings. The molecule has 4 heteroatoms. The van der Waals surface area contributed by atoms with Crippen LogP contribution >= 0.6 is 11.8 Å². The average Bonchev–Trinajstić information content (AvgIpc) is 2.32. The first-order valence-corrected chi connectivity index (χ1v) is 7.07. The molecule has 17 heavy (non-hydrogen) atoms. The number of halogens is 1. The number of ether oxygens (including phenoxy) is 1. The van der Waals surface area contributed by atoms with E-state index >= 15 is 0 Å². The molecule has 0 radical (unpaired) electrons. The summed E-state index contributed by atoms with van der Waals surface area (Å²) < 4.78 is 19.1. The van der Waals surface area contributed by atoms with E-state index in [2.05, 4.69) is 12.2 Å². The Morgan fingerprint density at radius 1 is 1.41 bits per heavy atom. The number of nitrogens with one attached hydrogen (secondary N) is 1. The van der Waals surface area contributed by atoms with Crippen molar-refractivity contribution in [1.29, 1.82) is 0 Å². The van der Waals surface area contributed by atoms with Gasteiger partial charge in [0.05, 0.1) is 6.61 Å². The Balaban J connectivity index is 2.50. The van der Waals surface area contributed by atoms with Gasteiger partial charge in [-0.25, -0.2) is 4.39 Å². The summed E-state index contributed by atoms with van der Waals surface area (Å²) in [5.74, 6) is 2.29. The van der Waals surface area contributed by atoms with E-state index in [1.165, 1.54) is 6.07 Å². The van der Waals surface area contributed by atoms with Crippen LogP contribution in [0.25, 0.3) is 0 Å². The standard InChI is InChI=1S/C13H20FNOS/c1-3-17-9-5-8-16-13-11(10-15-2)6-4-7-12(13)14/h4,6-7,15H,3,5,8-10H2,1-2H3. The molecule has 0 saturated carbocycles. The number of hydrogen-bond donors (Lipinski definition) is 1. The van der Waals surface area contributed by atoms with Crippen LogP contribution in [0.2, 0.25) is 0 Å². The van der Waals surface area contributed by atoms with Crippen molar-refractivity contribution in [1.82, 2.24) is 5.32 Å². The number of benzene rings is 1. The Labute approximate surface area is 107 Å². The molecule has 0 spiro atoms. The van der Waals surface area contributed by atoms with E-state index in [-0.39, 0.29) is 5.82 Å². The van der Waals surface area contributed by atoms with Gasteiger partial charge < -0.3 is 10.1 Å². The third kappa shape index (κ3) is 4.96. The molecule has 1 N–H and O–H groups in total. The van der Waals surface area contributed by atoms with E-state index in [1.54, 1.807) is 6.07 Å². The van der Waals surface area contributed by atoms with Crippen LogP contribution in [0, 0.1) is 5.82 Å². The largest absolute Gasteiger partial charge is 0.490 e. The van der Waals surface area contributed by atoms with Crippen molar-refractivity contribution in [2.75, 3.05) is 25.2 Å². The van der Waals surface area contributed by atoms with Gasteiger partial charge in [0.15, 0.2) is 11.6 Å². The zero-order chi connectivity index (χ0) is 12.5. The number of para-hydroxylation sites is 1. The van der Waals surface area contributed by atoms with Gasteiger partial charge in [-0.05, 0) is 31.0 Å². The smallest absolute Gasteiger partial charge is 0.165 e. The lowest BCUT2D eigenvalue weighted by Crippen LogP contribution is -2.09. The summed E-state index contributed by atoms with van der Waals surface area (Å²) in [6.45, 7) is 3.33. The van der Waals surface area contributed by atoms with Crippen molar-refractivity contribution in [3.05, 3.63) is 29.6 Å². The summed E-state index contributed by atoms with van der Waals surface area (Å²) in [5.41, 5.74) is 0.871. The molecule has 0 aromatic heterocycles. The van der Waals surface area contributed by atoms with E-state index < -0.39 is 0 Å². The molecule has 1 rings (SSSR count). The summed E-state index contributed by atoms with van der Waals surface area (Å²) in [6, 6.07) is 5.03. The highest BCUT2D eigenvalue weighted by Gasteiger charge is 2.08. The highest BCUT2D eigenvalue weighted by Crippen LogP contribution is 2.22. The van der Waals surface area contributed by atoms with Crippen LogP contribution in [0.3, 0.4) is 0 Å². The second-order valence-electron chi connectivity index (χ2n) is 3.66. The van der Waals surface area contributed by atoms with E-state index in [0.29, 0.717) is 18.9 Å². The van der Waals surface area contributed by atoms with Crippen LogP contribution in [0.1, 0.15) is 18.9 Å². The summed E-state index contributed by atoms with van der Waals surface area (Å²) in [7, 11) is 1.84. The third-order valence-corrected chi connectivity index (χ3v) is 3.28. The van der Waals surface area contributed by atoms with E-state index in [1.807, 2.05) is 24.9 Å². The van der Waals surface area contributed by atoms with Crippen LogP contribution in [-0.2, 0) is 6.54 Å². The lowest BCUT2D eigenvalue weighted by atomic mass is 10.2. The van der Waals surface area contributed by atoms with Crippen LogP contribution in [-0.4, -0.2) is 25.2 Å². The summed E-state index contributed by atoms with van der Waals surface area (Å²) in [5, 5.41) is 3.01. The van der Waals surface area contributed by atoms with Crippen molar-refractivity contribution in [3.8, 4) is 5.75 Å². The monoisotopic (exact) mass is 257 g/mol. The van der Waals surface area contributed by atoms with Crippen LogP contribution in [0.15, 0.2) is 18.2 Å². The SMILES string of the molecule is CCSCCCOc1c(F)cccc1CNC. The minimum atomic E-state index is -0.277. The molecule has 0 unspecified atom stereocenters. The summed E-state index contributed by atoms with van der Waals surface area (Å²) in [4.78, 5) is 0. The maximum absolute atomic E-state index is 13.6. The minimum absolute atomic E-state index is 0.277. The number of hydrogen-bond acceptors (Lipinski definition) is 3. The normalized spacial score (nSPS) is 10.5. The number of rotatable bonds is 8. The molecule has 0 aliphatic carbocycles. The Morgan fingerprint density at radius 3 is 2.94 bits per heavy atom. The van der Waals surface area contributed by atoms with Gasteiger partial charge in [-0.15, -0.1) is 0 Å². The minimum Gasteiger partial charge on any atom is -0.490 e. The Morgan fingerprint density at radius 2 is 2.24 bits per heavy atom. The first kappa shape index (κ1) is 14.3. The fourth-order valence-corrected chi connectivity index (χ4v) is 2.14. The summed E-state index contributed by atoms with van der Waals surface area (Å²) >= 11 is 1.88. The maximum atomic E-state index is 13.6. The van der Waals surface area contributed by atoms with Gasteiger partial charge in [0.2, 0.25) is 0 Å². The van der Waals surface area contributed by atoms with Crippen molar-refractivity contribution in [3.63, 3.8) is 0 Å². The van der Waals surface area contributed by atoms with Gasteiger partial charge in [0, 0.05) is 12.1 Å². The van der Waals surface area contributed by atoms with Crippen molar-refractivity contribution in [2.24, 2.45) is 0 Å². The van der Waals surface area contributed by atoms with Gasteiger partial charge in [0.1, 0.15) is 0 Å². The topological polar surface area (TPSA) is 21.3 Å². The molecule has 96 valence electrons. The molecule has 2 nitrogen and oxygen atoms in total. The predicted octanol–water partition coefficient (Wildman–Crippen LogP) is 3.07. The fraction of sp³-hybridized carbons (Fsp3) is 0.538. The third-order valence-electron chi connectivity index (χ3n) is 2.30. The summed E-state index contributed by atoms with van der Waals surface area (Å²) in [6.07, 6.45) is 0.950. The molecule has 0 fully saturated rings. The van der Waals surface area contributed by atoms with Gasteiger partial charge in [-0.2, -0.15) is 11.8 Å².